The molecule has 0 amide bonds. The molecule has 0 spiro atoms. The van der Waals surface area contributed by atoms with Gasteiger partial charge >= 0.3 is 6.18 Å². The third kappa shape index (κ3) is 3.13. The lowest BCUT2D eigenvalue weighted by atomic mass is 10.1. The molecule has 0 saturated heterocycles. The summed E-state index contributed by atoms with van der Waals surface area (Å²) < 4.78 is 41.3. The first kappa shape index (κ1) is 13.6. The smallest absolute Gasteiger partial charge is 0.422 e. The molecule has 0 aliphatic heterocycles. The summed E-state index contributed by atoms with van der Waals surface area (Å²) in [4.78, 5) is 8.03. The number of halogens is 3. The largest absolute Gasteiger partial charge is 0.468 e. The van der Waals surface area contributed by atoms with E-state index in [1.165, 1.54) is 6.20 Å². The Hall–Kier alpha value is -1.85. The zero-order valence-corrected chi connectivity index (χ0v) is 10.6. The van der Waals surface area contributed by atoms with E-state index in [9.17, 15) is 13.2 Å². The maximum atomic E-state index is 12.2. The number of hydrogen-bond acceptors (Lipinski definition) is 3. The zero-order chi connectivity index (χ0) is 14.0. The highest BCUT2D eigenvalue weighted by Gasteiger charge is 2.29. The summed E-state index contributed by atoms with van der Waals surface area (Å²) in [6.07, 6.45) is -0.585. The van der Waals surface area contributed by atoms with E-state index in [1.54, 1.807) is 6.20 Å². The maximum absolute atomic E-state index is 12.2. The Morgan fingerprint density at radius 1 is 1.16 bits per heavy atom. The molecule has 0 unspecified atom stereocenters. The van der Waals surface area contributed by atoms with Crippen molar-refractivity contribution in [2.45, 2.75) is 26.4 Å². The van der Waals surface area contributed by atoms with Gasteiger partial charge in [-0.2, -0.15) is 13.2 Å². The van der Waals surface area contributed by atoms with Gasteiger partial charge in [0.05, 0.1) is 5.39 Å². The minimum Gasteiger partial charge on any atom is -0.468 e. The molecule has 0 radical (unpaired) electrons. The standard InChI is InChI=1S/C13H13F3N2O/c1-3-9-5-18-12(19-7-13(14,15)16)11-6-17-8(2)4-10(9)11/h4-6H,3,7H2,1-2H3. The van der Waals surface area contributed by atoms with E-state index in [-0.39, 0.29) is 5.88 Å². The Balaban J connectivity index is 2.46. The van der Waals surface area contributed by atoms with E-state index in [4.69, 9.17) is 4.74 Å². The van der Waals surface area contributed by atoms with Gasteiger partial charge in [0, 0.05) is 18.1 Å². The third-order valence-electron chi connectivity index (χ3n) is 2.71. The van der Waals surface area contributed by atoms with Crippen LogP contribution >= 0.6 is 0 Å². The molecule has 2 heterocycles. The van der Waals surface area contributed by atoms with Crippen molar-refractivity contribution in [2.75, 3.05) is 6.61 Å². The summed E-state index contributed by atoms with van der Waals surface area (Å²) in [5, 5.41) is 1.34. The fourth-order valence-electron chi connectivity index (χ4n) is 1.82. The van der Waals surface area contributed by atoms with Crippen LogP contribution in [0.1, 0.15) is 18.2 Å². The summed E-state index contributed by atoms with van der Waals surface area (Å²) in [5.41, 5.74) is 1.76. The van der Waals surface area contributed by atoms with Gasteiger partial charge in [0.2, 0.25) is 5.88 Å². The van der Waals surface area contributed by atoms with Gasteiger partial charge in [0.15, 0.2) is 6.61 Å². The predicted molar refractivity (Wildman–Crippen MR) is 65.2 cm³/mol. The molecule has 19 heavy (non-hydrogen) atoms. The first-order valence-corrected chi connectivity index (χ1v) is 5.84. The van der Waals surface area contributed by atoms with Crippen LogP contribution < -0.4 is 4.74 Å². The maximum Gasteiger partial charge on any atom is 0.422 e. The molecule has 0 saturated carbocycles. The Labute approximate surface area is 108 Å². The molecule has 3 nitrogen and oxygen atoms in total. The molecule has 0 atom stereocenters. The van der Waals surface area contributed by atoms with Gasteiger partial charge in [-0.1, -0.05) is 6.92 Å². The van der Waals surface area contributed by atoms with E-state index < -0.39 is 12.8 Å². The number of aryl methyl sites for hydroxylation is 2. The van der Waals surface area contributed by atoms with Gasteiger partial charge in [-0.05, 0) is 30.4 Å². The lowest BCUT2D eigenvalue weighted by Gasteiger charge is -2.12. The van der Waals surface area contributed by atoms with Crippen molar-refractivity contribution in [3.8, 4) is 5.88 Å². The second kappa shape index (κ2) is 5.03. The van der Waals surface area contributed by atoms with Crippen molar-refractivity contribution in [2.24, 2.45) is 0 Å². The first-order valence-electron chi connectivity index (χ1n) is 5.84. The van der Waals surface area contributed by atoms with Crippen molar-refractivity contribution in [1.29, 1.82) is 0 Å². The van der Waals surface area contributed by atoms with Gasteiger partial charge in [-0.3, -0.25) is 4.98 Å². The molecular formula is C13H13F3N2O. The molecule has 102 valence electrons. The van der Waals surface area contributed by atoms with Crippen LogP contribution in [0.4, 0.5) is 13.2 Å². The molecule has 2 aromatic heterocycles. The van der Waals surface area contributed by atoms with Crippen LogP contribution in [0, 0.1) is 6.92 Å². The number of aromatic nitrogens is 2. The number of hydrogen-bond donors (Lipinski definition) is 0. The average Bonchev–Trinajstić information content (AvgIpc) is 2.34. The highest BCUT2D eigenvalue weighted by atomic mass is 19.4. The fraction of sp³-hybridized carbons (Fsp3) is 0.385. The third-order valence-corrected chi connectivity index (χ3v) is 2.71. The minimum absolute atomic E-state index is 0.0305. The van der Waals surface area contributed by atoms with Crippen LogP contribution in [0.2, 0.25) is 0 Å². The number of ether oxygens (including phenoxy) is 1. The van der Waals surface area contributed by atoms with Crippen molar-refractivity contribution < 1.29 is 17.9 Å². The molecule has 2 rings (SSSR count). The van der Waals surface area contributed by atoms with Crippen molar-refractivity contribution >= 4 is 10.8 Å². The molecule has 0 N–H and O–H groups in total. The average molecular weight is 270 g/mol. The SMILES string of the molecule is CCc1cnc(OCC(F)(F)F)c2cnc(C)cc12. The van der Waals surface area contributed by atoms with E-state index in [2.05, 4.69) is 9.97 Å². The predicted octanol–water partition coefficient (Wildman–Crippen LogP) is 3.44. The summed E-state index contributed by atoms with van der Waals surface area (Å²) in [5.74, 6) is -0.0305. The van der Waals surface area contributed by atoms with E-state index in [1.807, 2.05) is 19.9 Å². The minimum atomic E-state index is -4.38. The number of alkyl halides is 3. The number of pyridine rings is 2. The molecule has 0 aliphatic carbocycles. The summed E-state index contributed by atoms with van der Waals surface area (Å²) in [7, 11) is 0. The van der Waals surface area contributed by atoms with Crippen LogP contribution in [0.3, 0.4) is 0 Å². The molecule has 0 bridgehead atoms. The quantitative estimate of drug-likeness (QED) is 0.857. The molecule has 6 heteroatoms. The summed E-state index contributed by atoms with van der Waals surface area (Å²) >= 11 is 0. The number of nitrogens with zero attached hydrogens (tertiary/aromatic N) is 2. The Morgan fingerprint density at radius 2 is 1.89 bits per heavy atom. The Kier molecular flexibility index (Phi) is 3.59. The molecular weight excluding hydrogens is 257 g/mol. The summed E-state index contributed by atoms with van der Waals surface area (Å²) in [6.45, 7) is 2.44. The van der Waals surface area contributed by atoms with Gasteiger partial charge < -0.3 is 4.74 Å². The zero-order valence-electron chi connectivity index (χ0n) is 10.6. The van der Waals surface area contributed by atoms with Gasteiger partial charge in [0.25, 0.3) is 0 Å². The van der Waals surface area contributed by atoms with E-state index >= 15 is 0 Å². The van der Waals surface area contributed by atoms with Crippen LogP contribution in [0.5, 0.6) is 5.88 Å². The second-order valence-corrected chi connectivity index (χ2v) is 4.22. The van der Waals surface area contributed by atoms with Gasteiger partial charge in [-0.15, -0.1) is 0 Å². The normalized spacial score (nSPS) is 11.8. The summed E-state index contributed by atoms with van der Waals surface area (Å²) in [6, 6.07) is 1.83. The van der Waals surface area contributed by atoms with Crippen LogP contribution in [-0.2, 0) is 6.42 Å². The monoisotopic (exact) mass is 270 g/mol. The molecule has 0 fully saturated rings. The molecule has 2 aromatic rings. The van der Waals surface area contributed by atoms with Crippen molar-refractivity contribution in [3.63, 3.8) is 0 Å². The molecule has 0 aromatic carbocycles. The topological polar surface area (TPSA) is 35.0 Å². The highest BCUT2D eigenvalue weighted by Crippen LogP contribution is 2.27. The highest BCUT2D eigenvalue weighted by molar-refractivity contribution is 5.89. The van der Waals surface area contributed by atoms with E-state index in [0.717, 1.165) is 23.1 Å². The Morgan fingerprint density at radius 3 is 2.53 bits per heavy atom. The fourth-order valence-corrected chi connectivity index (χ4v) is 1.82. The lowest BCUT2D eigenvalue weighted by molar-refractivity contribution is -0.153. The van der Waals surface area contributed by atoms with E-state index in [0.29, 0.717) is 5.39 Å². The lowest BCUT2D eigenvalue weighted by Crippen LogP contribution is -2.19. The number of fused-ring (bicyclic) bond motifs is 1. The van der Waals surface area contributed by atoms with Crippen LogP contribution in [0.25, 0.3) is 10.8 Å². The second-order valence-electron chi connectivity index (χ2n) is 4.22. The first-order chi connectivity index (χ1) is 8.90. The van der Waals surface area contributed by atoms with Crippen molar-refractivity contribution in [1.82, 2.24) is 9.97 Å². The van der Waals surface area contributed by atoms with Crippen LogP contribution in [-0.4, -0.2) is 22.8 Å². The van der Waals surface area contributed by atoms with Crippen molar-refractivity contribution in [3.05, 3.63) is 29.7 Å². The van der Waals surface area contributed by atoms with Gasteiger partial charge in [0.1, 0.15) is 0 Å². The molecule has 0 aliphatic rings. The van der Waals surface area contributed by atoms with Gasteiger partial charge in [-0.25, -0.2) is 4.98 Å². The Bertz CT molecular complexity index is 596. The van der Waals surface area contributed by atoms with Crippen LogP contribution in [0.15, 0.2) is 18.5 Å². The number of rotatable bonds is 3.